The molecule has 1 atom stereocenters. The van der Waals surface area contributed by atoms with Gasteiger partial charge < -0.3 is 5.11 Å². The van der Waals surface area contributed by atoms with Crippen molar-refractivity contribution in [1.29, 1.82) is 0 Å². The molecule has 0 saturated carbocycles. The van der Waals surface area contributed by atoms with Crippen molar-refractivity contribution in [1.82, 2.24) is 4.31 Å². The van der Waals surface area contributed by atoms with E-state index in [0.717, 1.165) is 16.4 Å². The van der Waals surface area contributed by atoms with Crippen LogP contribution in [0.5, 0.6) is 0 Å². The average molecular weight is 305 g/mol. The number of halogens is 2. The van der Waals surface area contributed by atoms with E-state index >= 15 is 0 Å². The Kier molecular flexibility index (Phi) is 4.05. The van der Waals surface area contributed by atoms with Gasteiger partial charge in [-0.15, -0.1) is 0 Å². The number of hydrogen-bond acceptors (Lipinski definition) is 3. The first-order valence-corrected chi connectivity index (χ1v) is 7.48. The maximum atomic E-state index is 13.6. The smallest absolute Gasteiger partial charge is 0.322 e. The fraction of sp³-hybridized carbons (Fsp3) is 0.417. The normalized spacial score (nSPS) is 20.8. The lowest BCUT2D eigenvalue weighted by Gasteiger charge is -2.31. The average Bonchev–Trinajstić information content (AvgIpc) is 2.38. The van der Waals surface area contributed by atoms with E-state index in [1.165, 1.54) is 0 Å². The third kappa shape index (κ3) is 2.66. The van der Waals surface area contributed by atoms with Gasteiger partial charge in [0.15, 0.2) is 0 Å². The molecule has 5 nitrogen and oxygen atoms in total. The van der Waals surface area contributed by atoms with Gasteiger partial charge in [-0.25, -0.2) is 17.2 Å². The Bertz CT molecular complexity index is 632. The van der Waals surface area contributed by atoms with Gasteiger partial charge in [-0.1, -0.05) is 0 Å². The molecule has 0 radical (unpaired) electrons. The van der Waals surface area contributed by atoms with Crippen molar-refractivity contribution in [3.8, 4) is 0 Å². The molecule has 20 heavy (non-hydrogen) atoms. The molecule has 110 valence electrons. The second-order valence-corrected chi connectivity index (χ2v) is 6.40. The third-order valence-corrected chi connectivity index (χ3v) is 5.16. The lowest BCUT2D eigenvalue weighted by atomic mass is 10.1. The van der Waals surface area contributed by atoms with Crippen LogP contribution < -0.4 is 0 Å². The molecule has 1 aliphatic heterocycles. The van der Waals surface area contributed by atoms with E-state index in [1.54, 1.807) is 0 Å². The highest BCUT2D eigenvalue weighted by Crippen LogP contribution is 2.27. The van der Waals surface area contributed by atoms with Crippen LogP contribution in [0.1, 0.15) is 19.3 Å². The largest absolute Gasteiger partial charge is 0.480 e. The monoisotopic (exact) mass is 305 g/mol. The van der Waals surface area contributed by atoms with Crippen molar-refractivity contribution < 1.29 is 27.1 Å². The molecule has 0 bridgehead atoms. The summed E-state index contributed by atoms with van der Waals surface area (Å²) in [6.07, 6.45) is 1.28. The highest BCUT2D eigenvalue weighted by molar-refractivity contribution is 7.89. The second kappa shape index (κ2) is 5.45. The summed E-state index contributed by atoms with van der Waals surface area (Å²) >= 11 is 0. The summed E-state index contributed by atoms with van der Waals surface area (Å²) in [5.74, 6) is -3.38. The number of benzene rings is 1. The van der Waals surface area contributed by atoms with Crippen LogP contribution >= 0.6 is 0 Å². The molecule has 0 unspecified atom stereocenters. The number of carboxylic acid groups (broad SMARTS) is 1. The van der Waals surface area contributed by atoms with E-state index in [2.05, 4.69) is 0 Å². The first-order valence-electron chi connectivity index (χ1n) is 6.04. The van der Waals surface area contributed by atoms with Crippen LogP contribution in [0.25, 0.3) is 0 Å². The topological polar surface area (TPSA) is 74.7 Å². The van der Waals surface area contributed by atoms with Gasteiger partial charge in [0.2, 0.25) is 10.0 Å². The van der Waals surface area contributed by atoms with Crippen molar-refractivity contribution in [2.24, 2.45) is 0 Å². The summed E-state index contributed by atoms with van der Waals surface area (Å²) in [5, 5.41) is 9.07. The summed E-state index contributed by atoms with van der Waals surface area (Å²) < 4.78 is 51.9. The van der Waals surface area contributed by atoms with E-state index in [0.29, 0.717) is 18.9 Å². The predicted octanol–water partition coefficient (Wildman–Crippen LogP) is 1.59. The van der Waals surface area contributed by atoms with E-state index in [-0.39, 0.29) is 13.0 Å². The molecule has 0 aliphatic carbocycles. The third-order valence-electron chi connectivity index (χ3n) is 3.22. The van der Waals surface area contributed by atoms with Gasteiger partial charge in [0, 0.05) is 12.6 Å². The zero-order chi connectivity index (χ0) is 14.9. The van der Waals surface area contributed by atoms with Crippen molar-refractivity contribution in [2.45, 2.75) is 30.2 Å². The molecular weight excluding hydrogens is 292 g/mol. The second-order valence-electron chi connectivity index (χ2n) is 4.54. The van der Waals surface area contributed by atoms with E-state index in [1.807, 2.05) is 0 Å². The molecule has 2 rings (SSSR count). The van der Waals surface area contributed by atoms with Crippen molar-refractivity contribution in [2.75, 3.05) is 6.54 Å². The summed E-state index contributed by atoms with van der Waals surface area (Å²) in [7, 11) is -4.29. The lowest BCUT2D eigenvalue weighted by Crippen LogP contribution is -2.48. The number of aliphatic carboxylic acids is 1. The fourth-order valence-corrected chi connectivity index (χ4v) is 3.95. The first kappa shape index (κ1) is 14.9. The predicted molar refractivity (Wildman–Crippen MR) is 65.5 cm³/mol. The van der Waals surface area contributed by atoms with Gasteiger partial charge in [-0.05, 0) is 31.4 Å². The van der Waals surface area contributed by atoms with E-state index in [4.69, 9.17) is 5.11 Å². The zero-order valence-electron chi connectivity index (χ0n) is 10.4. The van der Waals surface area contributed by atoms with Crippen molar-refractivity contribution >= 4 is 16.0 Å². The molecule has 1 aliphatic rings. The molecule has 0 aromatic heterocycles. The maximum Gasteiger partial charge on any atom is 0.322 e. The number of piperidine rings is 1. The van der Waals surface area contributed by atoms with Crippen LogP contribution in [-0.4, -0.2) is 36.4 Å². The molecule has 8 heteroatoms. The van der Waals surface area contributed by atoms with Gasteiger partial charge >= 0.3 is 5.97 Å². The van der Waals surface area contributed by atoms with Gasteiger partial charge in [0.05, 0.1) is 0 Å². The minimum Gasteiger partial charge on any atom is -0.480 e. The summed E-state index contributed by atoms with van der Waals surface area (Å²) in [6.45, 7) is 0.0100. The number of carboxylic acids is 1. The minimum atomic E-state index is -4.29. The Morgan fingerprint density at radius 2 is 2.00 bits per heavy atom. The minimum absolute atomic E-state index is 0.0100. The highest BCUT2D eigenvalue weighted by atomic mass is 32.2. The van der Waals surface area contributed by atoms with Crippen LogP contribution in [-0.2, 0) is 14.8 Å². The number of nitrogens with zero attached hydrogens (tertiary/aromatic N) is 1. The number of hydrogen-bond donors (Lipinski definition) is 1. The summed E-state index contributed by atoms with van der Waals surface area (Å²) in [6, 6.07) is 0.897. The molecule has 1 heterocycles. The quantitative estimate of drug-likeness (QED) is 0.920. The first-order chi connectivity index (χ1) is 9.34. The molecule has 1 aromatic rings. The molecule has 0 amide bonds. The van der Waals surface area contributed by atoms with Crippen LogP contribution in [0.4, 0.5) is 8.78 Å². The molecule has 1 aromatic carbocycles. The van der Waals surface area contributed by atoms with Crippen LogP contribution in [0.2, 0.25) is 0 Å². The van der Waals surface area contributed by atoms with Gasteiger partial charge in [0.1, 0.15) is 22.6 Å². The van der Waals surface area contributed by atoms with Crippen LogP contribution in [0.15, 0.2) is 23.1 Å². The Morgan fingerprint density at radius 1 is 1.30 bits per heavy atom. The summed E-state index contributed by atoms with van der Waals surface area (Å²) in [5.41, 5.74) is 0. The summed E-state index contributed by atoms with van der Waals surface area (Å²) in [4.78, 5) is 10.4. The molecular formula is C12H13F2NO4S. The number of carbonyl (C=O) groups is 1. The highest BCUT2D eigenvalue weighted by Gasteiger charge is 2.38. The van der Waals surface area contributed by atoms with Gasteiger partial charge in [0.25, 0.3) is 0 Å². The Hall–Kier alpha value is -1.54. The Labute approximate surface area is 114 Å². The Morgan fingerprint density at radius 3 is 2.60 bits per heavy atom. The molecule has 1 N–H and O–H groups in total. The van der Waals surface area contributed by atoms with E-state index in [9.17, 15) is 22.0 Å². The SMILES string of the molecule is O=C(O)[C@H]1CCCCN1S(=O)(=O)c1ccc(F)cc1F. The van der Waals surface area contributed by atoms with Crippen molar-refractivity contribution in [3.05, 3.63) is 29.8 Å². The van der Waals surface area contributed by atoms with Gasteiger partial charge in [-0.3, -0.25) is 4.79 Å². The molecule has 1 saturated heterocycles. The molecule has 0 spiro atoms. The van der Waals surface area contributed by atoms with Crippen molar-refractivity contribution in [3.63, 3.8) is 0 Å². The van der Waals surface area contributed by atoms with Crippen LogP contribution in [0, 0.1) is 11.6 Å². The molecule has 1 fully saturated rings. The fourth-order valence-electron chi connectivity index (χ4n) is 2.25. The zero-order valence-corrected chi connectivity index (χ0v) is 11.2. The number of rotatable bonds is 3. The standard InChI is InChI=1S/C12H13F2NO4S/c13-8-4-5-11(9(14)7-8)20(18,19)15-6-2-1-3-10(15)12(16)17/h4-5,7,10H,1-3,6H2,(H,16,17)/t10-/m1/s1. The lowest BCUT2D eigenvalue weighted by molar-refractivity contribution is -0.142. The number of sulfonamides is 1. The maximum absolute atomic E-state index is 13.6. The van der Waals surface area contributed by atoms with Gasteiger partial charge in [-0.2, -0.15) is 4.31 Å². The Balaban J connectivity index is 2.45. The van der Waals surface area contributed by atoms with E-state index < -0.39 is 38.6 Å². The van der Waals surface area contributed by atoms with Crippen LogP contribution in [0.3, 0.4) is 0 Å².